The third-order valence-corrected chi connectivity index (χ3v) is 18.2. The number of nitrogens with one attached hydrogen (secondary N) is 4. The lowest BCUT2D eigenvalue weighted by Gasteiger charge is -2.41. The van der Waals surface area contributed by atoms with Crippen LogP contribution in [0, 0.1) is 35.5 Å². The summed E-state index contributed by atoms with van der Waals surface area (Å²) >= 11 is 0. The number of hydrogen-bond acceptors (Lipinski definition) is 15. The molecule has 0 aromatic carbocycles. The lowest BCUT2D eigenvalue weighted by Crippen LogP contribution is -2.64. The number of aliphatic hydroxyl groups is 2. The number of allylic oxidation sites excluding steroid dienone is 2. The zero-order chi connectivity index (χ0) is 71.1. The van der Waals surface area contributed by atoms with Crippen molar-refractivity contribution in [2.75, 3.05) is 61.9 Å². The SMILES string of the molecule is C/C=C/C[C@@H](C)[C@@H](O)[C@H]1C(=O)N[C@@H](CC)C(=O)N2CC(OC(=O)N3CCC3)C[C@@H]2C(=O)N(C)C([C@@H](C)O)C(=O)N[C@@H](C(C)C)C(=O)N(C)[C@@H](CC(C)C)C(=O)N[C@@H](C)C(=O)N[C@H](C)C(=O)N(C)[C@@H](CC(C)C)C(=O)N(C)[C@@H](CC(C)C)C(=O)N(C)[C@@H](C(C)C)C(=O)N1C. The molecule has 0 radical (unpaired) electrons. The molecule has 2 unspecified atom stereocenters. The molecule has 93 heavy (non-hydrogen) atoms. The van der Waals surface area contributed by atoms with E-state index in [-0.39, 0.29) is 62.8 Å². The highest BCUT2D eigenvalue weighted by atomic mass is 16.6. The van der Waals surface area contributed by atoms with E-state index in [4.69, 9.17) is 4.74 Å². The van der Waals surface area contributed by atoms with Crippen LogP contribution in [0.2, 0.25) is 0 Å². The third-order valence-electron chi connectivity index (χ3n) is 18.2. The minimum Gasteiger partial charge on any atom is -0.444 e. The van der Waals surface area contributed by atoms with Crippen LogP contribution in [0.5, 0.6) is 0 Å². The molecule has 27 heteroatoms. The van der Waals surface area contributed by atoms with Gasteiger partial charge in [-0.3, -0.25) is 52.7 Å². The summed E-state index contributed by atoms with van der Waals surface area (Å²) in [6.07, 6.45) is -0.471. The number of rotatable bonds is 15. The average Bonchev–Trinajstić information content (AvgIpc) is 1.79. The topological polar surface area (TPSA) is 329 Å². The lowest BCUT2D eigenvalue weighted by atomic mass is 9.91. The van der Waals surface area contributed by atoms with Crippen LogP contribution >= 0.6 is 0 Å². The van der Waals surface area contributed by atoms with E-state index in [1.807, 2.05) is 41.5 Å². The van der Waals surface area contributed by atoms with E-state index >= 15 is 28.8 Å². The highest BCUT2D eigenvalue weighted by molar-refractivity contribution is 6.00. The summed E-state index contributed by atoms with van der Waals surface area (Å²) in [5.74, 6) is -11.1. The predicted octanol–water partition coefficient (Wildman–Crippen LogP) is 1.96. The second-order valence-electron chi connectivity index (χ2n) is 28.0. The number of fused-ring (bicyclic) bond motifs is 1. The van der Waals surface area contributed by atoms with Gasteiger partial charge in [-0.1, -0.05) is 95.2 Å². The van der Waals surface area contributed by atoms with Gasteiger partial charge in [0.05, 0.1) is 18.8 Å². The Balaban J connectivity index is 2.38. The fourth-order valence-corrected chi connectivity index (χ4v) is 12.3. The Morgan fingerprint density at radius 3 is 1.48 bits per heavy atom. The van der Waals surface area contributed by atoms with Crippen molar-refractivity contribution in [3.63, 3.8) is 0 Å². The second kappa shape index (κ2) is 35.6. The predicted molar refractivity (Wildman–Crippen MR) is 350 cm³/mol. The van der Waals surface area contributed by atoms with Crippen LogP contribution in [0.15, 0.2) is 12.2 Å². The van der Waals surface area contributed by atoms with Gasteiger partial charge in [-0.05, 0) is 102 Å². The zero-order valence-electron chi connectivity index (χ0n) is 59.6. The molecule has 3 aliphatic rings. The Hall–Kier alpha value is -6.90. The molecule has 0 saturated carbocycles. The number of amides is 12. The van der Waals surface area contributed by atoms with Crippen molar-refractivity contribution in [3.8, 4) is 0 Å². The van der Waals surface area contributed by atoms with Gasteiger partial charge >= 0.3 is 6.09 Å². The molecule has 0 aromatic heterocycles. The summed E-state index contributed by atoms with van der Waals surface area (Å²) in [6, 6.07) is -15.2. The minimum absolute atomic E-state index is 0.0909. The Kier molecular flexibility index (Phi) is 30.7. The molecule has 3 rings (SSSR count). The molecular formula is C66H114N12O15. The quantitative estimate of drug-likeness (QED) is 0.128. The van der Waals surface area contributed by atoms with Gasteiger partial charge < -0.3 is 75.4 Å². The van der Waals surface area contributed by atoms with Crippen molar-refractivity contribution in [1.82, 2.24) is 60.5 Å². The summed E-state index contributed by atoms with van der Waals surface area (Å²) in [5, 5.41) is 34.5. The van der Waals surface area contributed by atoms with Gasteiger partial charge in [0.15, 0.2) is 0 Å². The van der Waals surface area contributed by atoms with Crippen molar-refractivity contribution >= 4 is 71.1 Å². The molecule has 3 saturated heterocycles. The van der Waals surface area contributed by atoms with Gasteiger partial charge in [0.2, 0.25) is 65.0 Å². The highest BCUT2D eigenvalue weighted by Crippen LogP contribution is 2.29. The molecule has 0 aliphatic carbocycles. The van der Waals surface area contributed by atoms with Crippen molar-refractivity contribution in [1.29, 1.82) is 0 Å². The van der Waals surface area contributed by atoms with Crippen LogP contribution in [0.1, 0.15) is 156 Å². The number of aliphatic hydroxyl groups excluding tert-OH is 2. The maximum atomic E-state index is 15.3. The fourth-order valence-electron chi connectivity index (χ4n) is 12.3. The summed E-state index contributed by atoms with van der Waals surface area (Å²) in [4.78, 5) is 186. The summed E-state index contributed by atoms with van der Waals surface area (Å²) < 4.78 is 5.87. The first-order valence-electron chi connectivity index (χ1n) is 33.2. The van der Waals surface area contributed by atoms with E-state index in [1.165, 1.54) is 82.7 Å². The van der Waals surface area contributed by atoms with Gasteiger partial charge in [-0.15, -0.1) is 0 Å². The van der Waals surface area contributed by atoms with Crippen molar-refractivity contribution in [2.45, 2.75) is 240 Å². The average molecular weight is 1320 g/mol. The van der Waals surface area contributed by atoms with E-state index in [0.29, 0.717) is 13.1 Å². The summed E-state index contributed by atoms with van der Waals surface area (Å²) in [5.41, 5.74) is 0. The fraction of sp³-hybridized carbons (Fsp3) is 0.788. The van der Waals surface area contributed by atoms with Crippen molar-refractivity contribution < 1.29 is 72.5 Å². The van der Waals surface area contributed by atoms with Gasteiger partial charge in [-0.2, -0.15) is 0 Å². The number of carbonyl (C=O) groups is 12. The van der Waals surface area contributed by atoms with E-state index < -0.39 is 174 Å². The van der Waals surface area contributed by atoms with Crippen LogP contribution in [0.25, 0.3) is 0 Å². The Morgan fingerprint density at radius 2 is 1.01 bits per heavy atom. The number of likely N-dealkylation sites (N-methyl/N-ethyl adjacent to an activating group) is 6. The van der Waals surface area contributed by atoms with Crippen molar-refractivity contribution in [2.24, 2.45) is 35.5 Å². The molecule has 12 amide bonds. The molecule has 3 aliphatic heterocycles. The number of carbonyl (C=O) groups excluding carboxylic acids is 12. The number of likely N-dealkylation sites (tertiary alicyclic amines) is 1. The van der Waals surface area contributed by atoms with Crippen LogP contribution in [-0.4, -0.2) is 267 Å². The number of hydrogen-bond donors (Lipinski definition) is 6. The largest absolute Gasteiger partial charge is 0.444 e. The summed E-state index contributed by atoms with van der Waals surface area (Å²) in [7, 11) is 8.20. The van der Waals surface area contributed by atoms with Crippen LogP contribution in [-0.2, 0) is 57.5 Å². The third kappa shape index (κ3) is 20.6. The second-order valence-corrected chi connectivity index (χ2v) is 28.0. The van der Waals surface area contributed by atoms with Crippen LogP contribution in [0.4, 0.5) is 4.79 Å². The molecule has 0 bridgehead atoms. The van der Waals surface area contributed by atoms with Gasteiger partial charge in [0, 0.05) is 61.8 Å². The number of nitrogens with zero attached hydrogens (tertiary/aromatic N) is 8. The van der Waals surface area contributed by atoms with E-state index in [0.717, 1.165) is 26.0 Å². The van der Waals surface area contributed by atoms with Gasteiger partial charge in [0.1, 0.15) is 72.6 Å². The summed E-state index contributed by atoms with van der Waals surface area (Å²) in [6.45, 7) is 27.4. The number of ether oxygens (including phenoxy) is 1. The van der Waals surface area contributed by atoms with Crippen molar-refractivity contribution in [3.05, 3.63) is 12.2 Å². The first-order valence-corrected chi connectivity index (χ1v) is 33.2. The molecule has 3 fully saturated rings. The lowest BCUT2D eigenvalue weighted by molar-refractivity contribution is -0.157. The highest BCUT2D eigenvalue weighted by Gasteiger charge is 2.50. The van der Waals surface area contributed by atoms with E-state index in [1.54, 1.807) is 60.6 Å². The monoisotopic (exact) mass is 1310 g/mol. The van der Waals surface area contributed by atoms with Gasteiger partial charge in [0.25, 0.3) is 0 Å². The molecule has 6 N–H and O–H groups in total. The Bertz CT molecular complexity index is 2670. The minimum atomic E-state index is -1.72. The first-order chi connectivity index (χ1) is 43.2. The maximum Gasteiger partial charge on any atom is 0.410 e. The van der Waals surface area contributed by atoms with Gasteiger partial charge in [-0.25, -0.2) is 4.79 Å². The smallest absolute Gasteiger partial charge is 0.410 e. The molecule has 528 valence electrons. The van der Waals surface area contributed by atoms with Crippen LogP contribution in [0.3, 0.4) is 0 Å². The Labute approximate surface area is 552 Å². The zero-order valence-corrected chi connectivity index (χ0v) is 59.6. The Morgan fingerprint density at radius 1 is 0.538 bits per heavy atom. The maximum absolute atomic E-state index is 15.3. The molecule has 3 heterocycles. The molecule has 27 nitrogen and oxygen atoms in total. The normalized spacial score (nSPS) is 28.8. The van der Waals surface area contributed by atoms with E-state index in [9.17, 15) is 39.0 Å². The molecule has 0 aromatic rings. The van der Waals surface area contributed by atoms with Crippen LogP contribution < -0.4 is 21.3 Å². The van der Waals surface area contributed by atoms with E-state index in [2.05, 4.69) is 21.3 Å². The standard InChI is InChI=1S/C66H114N12O15/c1-23-25-27-40(13)54(80)53-58(84)69-45(24-2)60(86)78-34-44(93-66(92)77-28-26-29-77)33-49(78)63(89)75(21)52(43(16)79)57(83)70-50(38(9)10)64(90)71(17)46(30-35(3)4)56(82)67-41(14)55(81)68-42(15)59(85)72(18)47(31-36(5)6)61(87)73(19)48(32-37(7)8)62(88)74(20)51(39(11)12)65(91)76(53)22/h23,25,35-54,79-80H,24,26-34H2,1-22H3,(H,67,82)(H,68,81)(H,69,84)(H,70,83)/b25-23+/t40-,41+,42-,43-,44?,45+,46+,47+,48+,49-,50+,51+,52?,53+,54-/m1/s1. The first kappa shape index (κ1) is 80.3. The molecule has 15 atom stereocenters. The molecular weight excluding hydrogens is 1200 g/mol. The molecule has 0 spiro atoms.